The smallest absolute Gasteiger partial charge is 0.334 e. The Bertz CT molecular complexity index is 1600. The summed E-state index contributed by atoms with van der Waals surface area (Å²) in [5, 5.41) is 35.9. The van der Waals surface area contributed by atoms with Crippen molar-refractivity contribution in [3.8, 4) is 28.1 Å². The van der Waals surface area contributed by atoms with Gasteiger partial charge in [0, 0.05) is 17.8 Å². The van der Waals surface area contributed by atoms with Crippen LogP contribution < -0.4 is 4.73 Å². The van der Waals surface area contributed by atoms with Gasteiger partial charge >= 0.3 is 6.55 Å². The van der Waals surface area contributed by atoms with Gasteiger partial charge in [0.1, 0.15) is 18.1 Å². The van der Waals surface area contributed by atoms with Crippen molar-refractivity contribution < 1.29 is 17.9 Å². The number of halogens is 4. The third-order valence-corrected chi connectivity index (χ3v) is 6.72. The van der Waals surface area contributed by atoms with Crippen molar-refractivity contribution in [2.45, 2.75) is 31.9 Å². The lowest BCUT2D eigenvalue weighted by molar-refractivity contribution is -0.615. The van der Waals surface area contributed by atoms with Crippen LogP contribution >= 0.6 is 11.6 Å². The summed E-state index contributed by atoms with van der Waals surface area (Å²) in [4.78, 5) is 0. The molecule has 1 fully saturated rings. The molecule has 0 saturated heterocycles. The molecule has 6 rings (SSSR count). The number of aromatic nitrogens is 10. The van der Waals surface area contributed by atoms with Gasteiger partial charge in [-0.15, -0.1) is 10.2 Å². The van der Waals surface area contributed by atoms with Gasteiger partial charge in [-0.05, 0) is 41.0 Å². The monoisotopic (exact) mass is 542 g/mol. The highest BCUT2D eigenvalue weighted by atomic mass is 35.5. The fraction of sp³-hybridized carbons (Fsp3) is 0.261. The first-order valence-corrected chi connectivity index (χ1v) is 12.0. The lowest BCUT2D eigenvalue weighted by atomic mass is 10.0. The van der Waals surface area contributed by atoms with E-state index < -0.39 is 18.4 Å². The van der Waals surface area contributed by atoms with Crippen LogP contribution in [0.1, 0.15) is 37.5 Å². The van der Waals surface area contributed by atoms with E-state index in [1.807, 2.05) is 0 Å². The highest BCUT2D eigenvalue weighted by molar-refractivity contribution is 6.31. The Morgan fingerprint density at radius 1 is 1.08 bits per heavy atom. The molecular formula is C23H18ClF3N10O. The number of hydrogen-bond acceptors (Lipinski definition) is 7. The summed E-state index contributed by atoms with van der Waals surface area (Å²) >= 11 is 6.05. The minimum Gasteiger partial charge on any atom is -0.618 e. The van der Waals surface area contributed by atoms with E-state index in [0.717, 1.165) is 19.0 Å². The number of hydrogen-bond donors (Lipinski definition) is 0. The quantitative estimate of drug-likeness (QED) is 0.215. The first-order chi connectivity index (χ1) is 18.4. The molecule has 0 unspecified atom stereocenters. The normalized spacial score (nSPS) is 14.3. The zero-order valence-electron chi connectivity index (χ0n) is 19.4. The summed E-state index contributed by atoms with van der Waals surface area (Å²) < 4.78 is 45.1. The predicted molar refractivity (Wildman–Crippen MR) is 126 cm³/mol. The van der Waals surface area contributed by atoms with Crippen LogP contribution in [0.15, 0.2) is 55.4 Å². The summed E-state index contributed by atoms with van der Waals surface area (Å²) in [6.07, 6.45) is 9.57. The molecule has 15 heteroatoms. The topological polar surface area (TPSA) is 119 Å². The van der Waals surface area contributed by atoms with Gasteiger partial charge in [-0.3, -0.25) is 4.68 Å². The average Bonchev–Trinajstić information content (AvgIpc) is 3.32. The standard InChI is InChI=1S/C23H18ClF3N10O/c24-16-4-6-19(36-12-28-31-33-36)21(22(16)25)14-3-5-18(37(38)10-14)20(7-13-1-2-13)34-9-15(8-29-34)17-11-35(23(26)27)32-30-17/h3-6,8-13,20,23H,1-2,7H2/t20-/m1/s1. The molecule has 5 aromatic rings. The Balaban J connectivity index is 1.38. The van der Waals surface area contributed by atoms with Crippen LogP contribution in [0.2, 0.25) is 5.02 Å². The van der Waals surface area contributed by atoms with Gasteiger partial charge in [0.05, 0.1) is 34.2 Å². The van der Waals surface area contributed by atoms with Crippen molar-refractivity contribution in [2.75, 3.05) is 0 Å². The predicted octanol–water partition coefficient (Wildman–Crippen LogP) is 3.99. The van der Waals surface area contributed by atoms with Crippen molar-refractivity contribution in [3.63, 3.8) is 0 Å². The Labute approximate surface area is 217 Å². The summed E-state index contributed by atoms with van der Waals surface area (Å²) in [5.41, 5.74) is 1.77. The van der Waals surface area contributed by atoms with Crippen molar-refractivity contribution in [1.82, 2.24) is 45.0 Å². The molecule has 1 aliphatic carbocycles. The molecule has 38 heavy (non-hydrogen) atoms. The molecule has 11 nitrogen and oxygen atoms in total. The molecule has 0 N–H and O–H groups in total. The maximum Gasteiger partial charge on any atom is 0.334 e. The second kappa shape index (κ2) is 9.52. The molecule has 1 saturated carbocycles. The van der Waals surface area contributed by atoms with Gasteiger partial charge in [-0.2, -0.15) is 28.0 Å². The van der Waals surface area contributed by atoms with E-state index in [2.05, 4.69) is 30.9 Å². The molecule has 1 atom stereocenters. The number of tetrazole rings is 1. The van der Waals surface area contributed by atoms with Crippen LogP contribution in [0.4, 0.5) is 13.2 Å². The van der Waals surface area contributed by atoms with E-state index >= 15 is 4.39 Å². The van der Waals surface area contributed by atoms with Crippen LogP contribution in [-0.2, 0) is 0 Å². The largest absolute Gasteiger partial charge is 0.618 e. The molecule has 0 spiro atoms. The Hall–Kier alpha value is -4.33. The molecule has 0 radical (unpaired) electrons. The molecule has 0 amide bonds. The number of alkyl halides is 2. The first kappa shape index (κ1) is 24.0. The highest BCUT2D eigenvalue weighted by Crippen LogP contribution is 2.39. The van der Waals surface area contributed by atoms with Crippen LogP contribution in [0.5, 0.6) is 0 Å². The van der Waals surface area contributed by atoms with Gasteiger partial charge in [-0.1, -0.05) is 29.7 Å². The number of benzene rings is 1. The van der Waals surface area contributed by atoms with Crippen molar-refractivity contribution >= 4 is 11.6 Å². The van der Waals surface area contributed by atoms with Crippen LogP contribution in [0.25, 0.3) is 28.1 Å². The van der Waals surface area contributed by atoms with Crippen LogP contribution in [-0.4, -0.2) is 45.0 Å². The summed E-state index contributed by atoms with van der Waals surface area (Å²) in [6, 6.07) is 5.75. The fourth-order valence-corrected chi connectivity index (χ4v) is 4.51. The van der Waals surface area contributed by atoms with E-state index in [0.29, 0.717) is 38.7 Å². The van der Waals surface area contributed by atoms with Crippen LogP contribution in [0, 0.1) is 16.9 Å². The van der Waals surface area contributed by atoms with Gasteiger partial charge in [0.25, 0.3) is 0 Å². The molecule has 1 aromatic carbocycles. The first-order valence-electron chi connectivity index (χ1n) is 11.6. The Morgan fingerprint density at radius 2 is 1.92 bits per heavy atom. The molecule has 0 aliphatic heterocycles. The third-order valence-electron chi connectivity index (χ3n) is 6.42. The minimum absolute atomic E-state index is 0.0724. The van der Waals surface area contributed by atoms with E-state index in [1.54, 1.807) is 29.1 Å². The van der Waals surface area contributed by atoms with Gasteiger partial charge in [-0.25, -0.2) is 4.39 Å². The SMILES string of the molecule is [O-][n+]1cc(-c2c(-n3cnnn3)ccc(Cl)c2F)ccc1[C@@H](CC1CC1)n1cc(-c2cn(C(F)F)nn2)cn1. The maximum atomic E-state index is 15.2. The van der Waals surface area contributed by atoms with Crippen molar-refractivity contribution in [3.05, 3.63) is 77.1 Å². The zero-order valence-corrected chi connectivity index (χ0v) is 20.2. The number of nitrogens with zero attached hydrogens (tertiary/aromatic N) is 10. The molecule has 4 aromatic heterocycles. The molecule has 1 aliphatic rings. The van der Waals surface area contributed by atoms with Crippen LogP contribution in [0.3, 0.4) is 0 Å². The zero-order chi connectivity index (χ0) is 26.4. The number of pyridine rings is 1. The van der Waals surface area contributed by atoms with Crippen molar-refractivity contribution in [2.24, 2.45) is 5.92 Å². The van der Waals surface area contributed by atoms with Gasteiger partial charge in [0.2, 0.25) is 5.69 Å². The maximum absolute atomic E-state index is 15.2. The Kier molecular flexibility index (Phi) is 6.02. The van der Waals surface area contributed by atoms with Crippen molar-refractivity contribution in [1.29, 1.82) is 0 Å². The van der Waals surface area contributed by atoms with E-state index in [9.17, 15) is 14.0 Å². The minimum atomic E-state index is -2.81. The van der Waals surface area contributed by atoms with E-state index in [1.165, 1.54) is 29.5 Å². The van der Waals surface area contributed by atoms with E-state index in [4.69, 9.17) is 11.6 Å². The van der Waals surface area contributed by atoms with Gasteiger partial charge < -0.3 is 5.21 Å². The summed E-state index contributed by atoms with van der Waals surface area (Å²) in [5.74, 6) is -0.292. The summed E-state index contributed by atoms with van der Waals surface area (Å²) in [7, 11) is 0. The molecule has 194 valence electrons. The second-order valence-corrected chi connectivity index (χ2v) is 9.35. The molecule has 0 bridgehead atoms. The van der Waals surface area contributed by atoms with Gasteiger partial charge in [0.15, 0.2) is 12.0 Å². The molecule has 4 heterocycles. The summed E-state index contributed by atoms with van der Waals surface area (Å²) in [6.45, 7) is -2.81. The lowest BCUT2D eigenvalue weighted by Crippen LogP contribution is -2.35. The number of rotatable bonds is 8. The highest BCUT2D eigenvalue weighted by Gasteiger charge is 2.32. The average molecular weight is 543 g/mol. The Morgan fingerprint density at radius 3 is 2.61 bits per heavy atom. The fourth-order valence-electron chi connectivity index (χ4n) is 4.35. The second-order valence-electron chi connectivity index (χ2n) is 8.94. The van der Waals surface area contributed by atoms with E-state index in [-0.39, 0.29) is 21.8 Å². The molecular weight excluding hydrogens is 525 g/mol. The third kappa shape index (κ3) is 4.47. The lowest BCUT2D eigenvalue weighted by Gasteiger charge is -2.18.